The first kappa shape index (κ1) is 19.8. The molecule has 1 saturated carbocycles. The van der Waals surface area contributed by atoms with Crippen LogP contribution in [0.4, 0.5) is 0 Å². The predicted octanol–water partition coefficient (Wildman–Crippen LogP) is 4.96. The minimum absolute atomic E-state index is 0.00531. The second-order valence-corrected chi connectivity index (χ2v) is 10.4. The third kappa shape index (κ3) is 5.23. The van der Waals surface area contributed by atoms with E-state index in [0.29, 0.717) is 0 Å². The molecule has 0 aliphatic heterocycles. The Bertz CT molecular complexity index is 641. The molecule has 0 heterocycles. The lowest BCUT2D eigenvalue weighted by Gasteiger charge is -2.27. The number of carbonyl (C=O) groups is 1. The van der Waals surface area contributed by atoms with Crippen LogP contribution in [0.25, 0.3) is 0 Å². The van der Waals surface area contributed by atoms with Gasteiger partial charge in [0, 0.05) is 12.0 Å². The molecule has 2 atom stereocenters. The summed E-state index contributed by atoms with van der Waals surface area (Å²) >= 11 is 0. The number of nitrogens with one attached hydrogen (secondary N) is 1. The number of benzene rings is 1. The van der Waals surface area contributed by atoms with E-state index in [9.17, 15) is 4.79 Å². The highest BCUT2D eigenvalue weighted by Gasteiger charge is 2.46. The van der Waals surface area contributed by atoms with Crippen LogP contribution in [0.5, 0.6) is 5.75 Å². The second-order valence-electron chi connectivity index (χ2n) is 10.4. The summed E-state index contributed by atoms with van der Waals surface area (Å²) in [6.45, 7) is 19.3. The van der Waals surface area contributed by atoms with Crippen LogP contribution in [0.15, 0.2) is 18.2 Å². The van der Waals surface area contributed by atoms with E-state index < -0.39 is 0 Å². The molecule has 3 nitrogen and oxygen atoms in total. The molecule has 1 amide bonds. The standard InChI is InChI=1S/C22H35NO2/c1-20(2,3)14-10-11-17(16(12-14)21(4,5)6)25-18-13-15(18)19(24)23-22(7,8)9/h10-12,15,18H,13H2,1-9H3,(H,23,24)/t15-,18-/m0/s1. The zero-order valence-corrected chi connectivity index (χ0v) is 17.4. The Hall–Kier alpha value is -1.51. The Morgan fingerprint density at radius 2 is 1.60 bits per heavy atom. The second kappa shape index (κ2) is 6.34. The highest BCUT2D eigenvalue weighted by Crippen LogP contribution is 2.41. The Balaban J connectivity index is 2.17. The van der Waals surface area contributed by atoms with Crippen LogP contribution in [0.1, 0.15) is 79.9 Å². The first-order valence-electron chi connectivity index (χ1n) is 9.32. The average Bonchev–Trinajstić information content (AvgIpc) is 3.14. The van der Waals surface area contributed by atoms with Crippen molar-refractivity contribution >= 4 is 5.91 Å². The van der Waals surface area contributed by atoms with Crippen LogP contribution >= 0.6 is 0 Å². The number of ether oxygens (including phenoxy) is 1. The zero-order chi connectivity index (χ0) is 19.2. The maximum atomic E-state index is 12.3. The van der Waals surface area contributed by atoms with E-state index in [1.165, 1.54) is 11.1 Å². The molecule has 0 unspecified atom stereocenters. The Labute approximate surface area is 153 Å². The fourth-order valence-electron chi connectivity index (χ4n) is 2.89. The van der Waals surface area contributed by atoms with Crippen LogP contribution in [0.2, 0.25) is 0 Å². The topological polar surface area (TPSA) is 38.3 Å². The minimum Gasteiger partial charge on any atom is -0.489 e. The van der Waals surface area contributed by atoms with Gasteiger partial charge in [-0.2, -0.15) is 0 Å². The van der Waals surface area contributed by atoms with E-state index >= 15 is 0 Å². The number of hydrogen-bond acceptors (Lipinski definition) is 2. The van der Waals surface area contributed by atoms with Gasteiger partial charge in [-0.1, -0.05) is 53.7 Å². The molecular weight excluding hydrogens is 310 g/mol. The third-order valence-corrected chi connectivity index (χ3v) is 4.50. The normalized spacial score (nSPS) is 21.0. The molecule has 1 aromatic rings. The van der Waals surface area contributed by atoms with E-state index in [-0.39, 0.29) is 34.3 Å². The van der Waals surface area contributed by atoms with Crippen LogP contribution < -0.4 is 10.1 Å². The zero-order valence-electron chi connectivity index (χ0n) is 17.4. The highest BCUT2D eigenvalue weighted by molar-refractivity contribution is 5.82. The van der Waals surface area contributed by atoms with E-state index in [2.05, 4.69) is 65.1 Å². The summed E-state index contributed by atoms with van der Waals surface area (Å²) in [5, 5.41) is 3.05. The molecular formula is C22H35NO2. The van der Waals surface area contributed by atoms with Crippen molar-refractivity contribution < 1.29 is 9.53 Å². The minimum atomic E-state index is -0.199. The van der Waals surface area contributed by atoms with Crippen molar-refractivity contribution in [2.45, 2.75) is 91.2 Å². The van der Waals surface area contributed by atoms with E-state index in [4.69, 9.17) is 4.74 Å². The summed E-state index contributed by atoms with van der Waals surface area (Å²) in [6, 6.07) is 6.50. The lowest BCUT2D eigenvalue weighted by atomic mass is 9.80. The Morgan fingerprint density at radius 3 is 2.08 bits per heavy atom. The van der Waals surface area contributed by atoms with Crippen molar-refractivity contribution in [1.82, 2.24) is 5.32 Å². The van der Waals surface area contributed by atoms with Gasteiger partial charge in [0.1, 0.15) is 11.9 Å². The van der Waals surface area contributed by atoms with Gasteiger partial charge in [-0.15, -0.1) is 0 Å². The van der Waals surface area contributed by atoms with Crippen molar-refractivity contribution in [2.24, 2.45) is 5.92 Å². The van der Waals surface area contributed by atoms with Gasteiger partial charge in [-0.25, -0.2) is 0 Å². The van der Waals surface area contributed by atoms with Crippen molar-refractivity contribution in [3.63, 3.8) is 0 Å². The van der Waals surface area contributed by atoms with E-state index in [0.717, 1.165) is 12.2 Å². The van der Waals surface area contributed by atoms with Gasteiger partial charge in [0.05, 0.1) is 5.92 Å². The molecule has 0 aromatic heterocycles. The fraction of sp³-hybridized carbons (Fsp3) is 0.682. The molecule has 0 bridgehead atoms. The molecule has 3 heteroatoms. The maximum absolute atomic E-state index is 12.3. The molecule has 140 valence electrons. The Morgan fingerprint density at radius 1 is 1.00 bits per heavy atom. The monoisotopic (exact) mass is 345 g/mol. The lowest BCUT2D eigenvalue weighted by molar-refractivity contribution is -0.124. The SMILES string of the molecule is CC(C)(C)NC(=O)[C@H]1C[C@@H]1Oc1ccc(C(C)(C)C)cc1C(C)(C)C. The first-order valence-corrected chi connectivity index (χ1v) is 9.32. The summed E-state index contributed by atoms with van der Waals surface area (Å²) in [4.78, 5) is 12.3. The number of amides is 1. The fourth-order valence-corrected chi connectivity index (χ4v) is 2.89. The van der Waals surface area contributed by atoms with Crippen molar-refractivity contribution in [3.05, 3.63) is 29.3 Å². The van der Waals surface area contributed by atoms with Gasteiger partial charge in [-0.05, 0) is 48.8 Å². The molecule has 2 rings (SSSR count). The summed E-state index contributed by atoms with van der Waals surface area (Å²) in [5.41, 5.74) is 2.42. The largest absolute Gasteiger partial charge is 0.489 e. The molecule has 1 N–H and O–H groups in total. The van der Waals surface area contributed by atoms with Crippen LogP contribution in [0, 0.1) is 5.92 Å². The predicted molar refractivity (Wildman–Crippen MR) is 104 cm³/mol. The van der Waals surface area contributed by atoms with Crippen LogP contribution in [-0.4, -0.2) is 17.6 Å². The van der Waals surface area contributed by atoms with Gasteiger partial charge in [-0.3, -0.25) is 4.79 Å². The Kier molecular flexibility index (Phi) is 5.02. The molecule has 0 radical (unpaired) electrons. The molecule has 1 aromatic carbocycles. The van der Waals surface area contributed by atoms with Crippen molar-refractivity contribution in [1.29, 1.82) is 0 Å². The number of rotatable bonds is 3. The lowest BCUT2D eigenvalue weighted by Crippen LogP contribution is -2.42. The summed E-state index contributed by atoms with van der Waals surface area (Å²) < 4.78 is 6.24. The molecule has 0 saturated heterocycles. The van der Waals surface area contributed by atoms with Crippen molar-refractivity contribution in [2.75, 3.05) is 0 Å². The maximum Gasteiger partial charge on any atom is 0.227 e. The van der Waals surface area contributed by atoms with Crippen molar-refractivity contribution in [3.8, 4) is 5.75 Å². The molecule has 0 spiro atoms. The van der Waals surface area contributed by atoms with Crippen LogP contribution in [0.3, 0.4) is 0 Å². The number of hydrogen-bond donors (Lipinski definition) is 1. The smallest absolute Gasteiger partial charge is 0.227 e. The third-order valence-electron chi connectivity index (χ3n) is 4.50. The molecule has 1 aliphatic carbocycles. The van der Waals surface area contributed by atoms with Gasteiger partial charge in [0.15, 0.2) is 0 Å². The first-order chi connectivity index (χ1) is 11.2. The molecule has 25 heavy (non-hydrogen) atoms. The summed E-state index contributed by atoms with van der Waals surface area (Å²) in [6.07, 6.45) is 0.788. The van der Waals surface area contributed by atoms with Gasteiger partial charge in [0.2, 0.25) is 5.91 Å². The van der Waals surface area contributed by atoms with E-state index in [1.54, 1.807) is 0 Å². The highest BCUT2D eigenvalue weighted by atomic mass is 16.5. The summed E-state index contributed by atoms with van der Waals surface area (Å²) in [5.74, 6) is 0.979. The molecule has 1 fully saturated rings. The van der Waals surface area contributed by atoms with Crippen LogP contribution in [-0.2, 0) is 15.6 Å². The molecule has 1 aliphatic rings. The number of carbonyl (C=O) groups excluding carboxylic acids is 1. The van der Waals surface area contributed by atoms with Gasteiger partial charge in [0.25, 0.3) is 0 Å². The average molecular weight is 346 g/mol. The van der Waals surface area contributed by atoms with Gasteiger partial charge >= 0.3 is 0 Å². The summed E-state index contributed by atoms with van der Waals surface area (Å²) in [7, 11) is 0. The quantitative estimate of drug-likeness (QED) is 0.840. The van der Waals surface area contributed by atoms with E-state index in [1.807, 2.05) is 20.8 Å². The van der Waals surface area contributed by atoms with Gasteiger partial charge < -0.3 is 10.1 Å².